The monoisotopic (exact) mass is 397 g/mol. The van der Waals surface area contributed by atoms with Crippen LogP contribution in [-0.4, -0.2) is 40.0 Å². The van der Waals surface area contributed by atoms with E-state index in [2.05, 4.69) is 4.74 Å². The van der Waals surface area contributed by atoms with Gasteiger partial charge in [-0.3, -0.25) is 0 Å². The number of benzene rings is 2. The predicted octanol–water partition coefficient (Wildman–Crippen LogP) is 3.26. The van der Waals surface area contributed by atoms with Gasteiger partial charge in [0.05, 0.1) is 24.7 Å². The summed E-state index contributed by atoms with van der Waals surface area (Å²) in [7, 11) is 0.486. The fraction of sp³-hybridized carbons (Fsp3) is 0.278. The number of nitrogens with zero attached hydrogens (tertiary/aromatic N) is 1. The first-order valence-electron chi connectivity index (χ1n) is 7.68. The van der Waals surface area contributed by atoms with Gasteiger partial charge in [-0.15, -0.1) is 0 Å². The highest BCUT2D eigenvalue weighted by Crippen LogP contribution is 2.27. The molecule has 0 radical (unpaired) electrons. The first-order chi connectivity index (χ1) is 12.2. The summed E-state index contributed by atoms with van der Waals surface area (Å²) in [6.45, 7) is 1.72. The minimum atomic E-state index is -3.77. The number of ether oxygens (including phenoxy) is 2. The molecule has 0 aliphatic rings. The van der Waals surface area contributed by atoms with E-state index in [0.717, 1.165) is 0 Å². The van der Waals surface area contributed by atoms with Crippen LogP contribution in [0.1, 0.15) is 21.5 Å². The zero-order valence-corrected chi connectivity index (χ0v) is 16.5. The number of carbonyl (C=O) groups is 1. The largest absolute Gasteiger partial charge is 0.496 e. The van der Waals surface area contributed by atoms with Gasteiger partial charge >= 0.3 is 5.97 Å². The number of sulfonamides is 1. The molecule has 8 heteroatoms. The lowest BCUT2D eigenvalue weighted by Crippen LogP contribution is -2.27. The van der Waals surface area contributed by atoms with Crippen molar-refractivity contribution in [2.24, 2.45) is 0 Å². The Bertz CT molecular complexity index is 927. The van der Waals surface area contributed by atoms with Crippen LogP contribution in [0.4, 0.5) is 0 Å². The van der Waals surface area contributed by atoms with Crippen LogP contribution in [0, 0.1) is 6.92 Å². The number of carbonyl (C=O) groups excluding carboxylic acids is 1. The standard InChI is InChI=1S/C18H20ClNO5S/c1-12-9-13(18(21)25-4)5-8-17(12)26(22,23)20(2)11-14-10-15(19)6-7-16(14)24-3/h5-10H,11H2,1-4H3. The van der Waals surface area contributed by atoms with Crippen molar-refractivity contribution in [1.82, 2.24) is 4.31 Å². The maximum absolute atomic E-state index is 12.9. The van der Waals surface area contributed by atoms with E-state index in [-0.39, 0.29) is 11.4 Å². The van der Waals surface area contributed by atoms with Crippen LogP contribution in [0.3, 0.4) is 0 Å². The molecule has 0 bridgehead atoms. The van der Waals surface area contributed by atoms with Crippen LogP contribution in [0.25, 0.3) is 0 Å². The van der Waals surface area contributed by atoms with Gasteiger partial charge in [-0.25, -0.2) is 13.2 Å². The molecule has 0 spiro atoms. The predicted molar refractivity (Wildman–Crippen MR) is 99.2 cm³/mol. The summed E-state index contributed by atoms with van der Waals surface area (Å²) in [6.07, 6.45) is 0. The molecule has 0 heterocycles. The van der Waals surface area contributed by atoms with Crippen molar-refractivity contribution in [2.75, 3.05) is 21.3 Å². The summed E-state index contributed by atoms with van der Waals surface area (Å²) in [5.41, 5.74) is 1.40. The molecule has 0 atom stereocenters. The quantitative estimate of drug-likeness (QED) is 0.699. The number of hydrogen-bond donors (Lipinski definition) is 0. The summed E-state index contributed by atoms with van der Waals surface area (Å²) in [5.74, 6) is 0.0308. The van der Waals surface area contributed by atoms with Crippen LogP contribution < -0.4 is 4.74 Å². The first kappa shape index (κ1) is 20.2. The SMILES string of the molecule is COC(=O)c1ccc(S(=O)(=O)N(C)Cc2cc(Cl)ccc2OC)c(C)c1. The molecule has 140 valence electrons. The second-order valence-corrected chi connectivity index (χ2v) is 8.14. The van der Waals surface area contributed by atoms with Crippen molar-refractivity contribution in [3.63, 3.8) is 0 Å². The van der Waals surface area contributed by atoms with E-state index in [1.165, 1.54) is 43.8 Å². The minimum absolute atomic E-state index is 0.0876. The number of aryl methyl sites for hydroxylation is 1. The third-order valence-electron chi connectivity index (χ3n) is 3.92. The van der Waals surface area contributed by atoms with Crippen LogP contribution in [-0.2, 0) is 21.3 Å². The van der Waals surface area contributed by atoms with Crippen LogP contribution in [0.2, 0.25) is 5.02 Å². The van der Waals surface area contributed by atoms with Crippen molar-refractivity contribution in [1.29, 1.82) is 0 Å². The van der Waals surface area contributed by atoms with Gasteiger partial charge in [0.15, 0.2) is 0 Å². The highest BCUT2D eigenvalue weighted by molar-refractivity contribution is 7.89. The van der Waals surface area contributed by atoms with E-state index in [1.54, 1.807) is 25.1 Å². The Morgan fingerprint density at radius 1 is 1.15 bits per heavy atom. The average Bonchev–Trinajstić information content (AvgIpc) is 2.60. The summed E-state index contributed by atoms with van der Waals surface area (Å²) in [5, 5.41) is 0.491. The van der Waals surface area contributed by atoms with Crippen molar-refractivity contribution in [3.05, 3.63) is 58.1 Å². The molecule has 0 aliphatic carbocycles. The van der Waals surface area contributed by atoms with Crippen molar-refractivity contribution >= 4 is 27.6 Å². The molecule has 0 amide bonds. The van der Waals surface area contributed by atoms with Gasteiger partial charge in [-0.2, -0.15) is 4.31 Å². The molecule has 0 N–H and O–H groups in total. The van der Waals surface area contributed by atoms with Gasteiger partial charge in [-0.05, 0) is 48.9 Å². The van der Waals surface area contributed by atoms with Gasteiger partial charge in [0.25, 0.3) is 0 Å². The Balaban J connectivity index is 2.35. The lowest BCUT2D eigenvalue weighted by molar-refractivity contribution is 0.0600. The average molecular weight is 398 g/mol. The van der Waals surface area contributed by atoms with E-state index in [0.29, 0.717) is 27.5 Å². The second kappa shape index (κ2) is 8.07. The molecular formula is C18H20ClNO5S. The van der Waals surface area contributed by atoms with Gasteiger partial charge < -0.3 is 9.47 Å². The Morgan fingerprint density at radius 3 is 2.42 bits per heavy atom. The molecule has 2 aromatic carbocycles. The molecule has 0 saturated carbocycles. The summed E-state index contributed by atoms with van der Waals surface area (Å²) in [6, 6.07) is 9.36. The molecule has 0 fully saturated rings. The highest BCUT2D eigenvalue weighted by atomic mass is 35.5. The number of esters is 1. The van der Waals surface area contributed by atoms with E-state index in [9.17, 15) is 13.2 Å². The van der Waals surface area contributed by atoms with Crippen LogP contribution in [0.5, 0.6) is 5.75 Å². The van der Waals surface area contributed by atoms with E-state index >= 15 is 0 Å². The van der Waals surface area contributed by atoms with Gasteiger partial charge in [0.1, 0.15) is 5.75 Å². The van der Waals surface area contributed by atoms with Gasteiger partial charge in [0, 0.05) is 24.2 Å². The molecule has 6 nitrogen and oxygen atoms in total. The zero-order chi connectivity index (χ0) is 19.5. The number of halogens is 1. The van der Waals surface area contributed by atoms with E-state index in [4.69, 9.17) is 16.3 Å². The van der Waals surface area contributed by atoms with Crippen LogP contribution in [0.15, 0.2) is 41.3 Å². The summed E-state index contributed by atoms with van der Waals surface area (Å²) in [4.78, 5) is 11.7. The number of rotatable bonds is 6. The highest BCUT2D eigenvalue weighted by Gasteiger charge is 2.24. The molecule has 26 heavy (non-hydrogen) atoms. The summed E-state index contributed by atoms with van der Waals surface area (Å²) >= 11 is 6.01. The fourth-order valence-electron chi connectivity index (χ4n) is 2.55. The normalized spacial score (nSPS) is 11.5. The Morgan fingerprint density at radius 2 is 1.85 bits per heavy atom. The van der Waals surface area contributed by atoms with Crippen LogP contribution >= 0.6 is 11.6 Å². The minimum Gasteiger partial charge on any atom is -0.496 e. The van der Waals surface area contributed by atoms with Gasteiger partial charge in [0.2, 0.25) is 10.0 Å². The second-order valence-electron chi connectivity index (χ2n) is 5.69. The lowest BCUT2D eigenvalue weighted by Gasteiger charge is -2.20. The third-order valence-corrected chi connectivity index (χ3v) is 6.12. The molecular weight excluding hydrogens is 378 g/mol. The Kier molecular flexibility index (Phi) is 6.28. The molecule has 2 rings (SSSR count). The Labute approximate surface area is 158 Å². The number of hydrogen-bond acceptors (Lipinski definition) is 5. The maximum Gasteiger partial charge on any atom is 0.337 e. The van der Waals surface area contributed by atoms with E-state index in [1.807, 2.05) is 0 Å². The molecule has 0 unspecified atom stereocenters. The number of methoxy groups -OCH3 is 2. The molecule has 2 aromatic rings. The van der Waals surface area contributed by atoms with Crippen molar-refractivity contribution in [3.8, 4) is 5.75 Å². The smallest absolute Gasteiger partial charge is 0.337 e. The fourth-order valence-corrected chi connectivity index (χ4v) is 4.09. The first-order valence-corrected chi connectivity index (χ1v) is 9.50. The van der Waals surface area contributed by atoms with E-state index < -0.39 is 16.0 Å². The zero-order valence-electron chi connectivity index (χ0n) is 14.9. The van der Waals surface area contributed by atoms with Gasteiger partial charge in [-0.1, -0.05) is 11.6 Å². The molecule has 0 saturated heterocycles. The molecule has 0 aromatic heterocycles. The Hall–Kier alpha value is -2.09. The lowest BCUT2D eigenvalue weighted by atomic mass is 10.1. The third kappa shape index (κ3) is 4.17. The topological polar surface area (TPSA) is 72.9 Å². The molecule has 0 aliphatic heterocycles. The van der Waals surface area contributed by atoms with Crippen molar-refractivity contribution < 1.29 is 22.7 Å². The maximum atomic E-state index is 12.9. The summed E-state index contributed by atoms with van der Waals surface area (Å²) < 4.78 is 37.0. The van der Waals surface area contributed by atoms with Crippen molar-refractivity contribution in [2.45, 2.75) is 18.4 Å².